The Balaban J connectivity index is 2.19. The van der Waals surface area contributed by atoms with Gasteiger partial charge < -0.3 is 24.7 Å². The van der Waals surface area contributed by atoms with Crippen LogP contribution in [0.3, 0.4) is 0 Å². The SMILES string of the molecule is COc1cc(COc2cccc([C@H](C)N)c2)cc(OC)c1OC. The summed E-state index contributed by atoms with van der Waals surface area (Å²) in [6.07, 6.45) is 0. The van der Waals surface area contributed by atoms with E-state index in [9.17, 15) is 0 Å². The quantitative estimate of drug-likeness (QED) is 0.849. The smallest absolute Gasteiger partial charge is 0.203 e. The molecule has 2 N–H and O–H groups in total. The van der Waals surface area contributed by atoms with Gasteiger partial charge in [-0.2, -0.15) is 0 Å². The van der Waals surface area contributed by atoms with E-state index in [0.29, 0.717) is 23.9 Å². The lowest BCUT2D eigenvalue weighted by molar-refractivity contribution is 0.298. The van der Waals surface area contributed by atoms with Crippen molar-refractivity contribution in [2.45, 2.75) is 19.6 Å². The lowest BCUT2D eigenvalue weighted by Crippen LogP contribution is -2.05. The van der Waals surface area contributed by atoms with Crippen LogP contribution in [-0.2, 0) is 6.61 Å². The van der Waals surface area contributed by atoms with E-state index in [0.717, 1.165) is 16.9 Å². The van der Waals surface area contributed by atoms with Gasteiger partial charge in [0.25, 0.3) is 0 Å². The van der Waals surface area contributed by atoms with Crippen molar-refractivity contribution in [3.05, 3.63) is 47.5 Å². The summed E-state index contributed by atoms with van der Waals surface area (Å²) < 4.78 is 21.9. The first-order valence-electron chi connectivity index (χ1n) is 7.36. The van der Waals surface area contributed by atoms with Gasteiger partial charge in [-0.05, 0) is 42.3 Å². The average molecular weight is 317 g/mol. The van der Waals surface area contributed by atoms with Gasteiger partial charge in [0.1, 0.15) is 12.4 Å². The molecular formula is C18H23NO4. The van der Waals surface area contributed by atoms with Crippen LogP contribution < -0.4 is 24.7 Å². The van der Waals surface area contributed by atoms with Crippen molar-refractivity contribution in [1.29, 1.82) is 0 Å². The molecule has 5 nitrogen and oxygen atoms in total. The van der Waals surface area contributed by atoms with Crippen molar-refractivity contribution in [3.8, 4) is 23.0 Å². The van der Waals surface area contributed by atoms with Crippen LogP contribution in [0.5, 0.6) is 23.0 Å². The fourth-order valence-corrected chi connectivity index (χ4v) is 2.27. The van der Waals surface area contributed by atoms with Gasteiger partial charge in [-0.3, -0.25) is 0 Å². The van der Waals surface area contributed by atoms with Crippen LogP contribution >= 0.6 is 0 Å². The van der Waals surface area contributed by atoms with E-state index >= 15 is 0 Å². The normalized spacial score (nSPS) is 11.7. The van der Waals surface area contributed by atoms with Crippen molar-refractivity contribution in [2.24, 2.45) is 5.73 Å². The monoisotopic (exact) mass is 317 g/mol. The summed E-state index contributed by atoms with van der Waals surface area (Å²) >= 11 is 0. The number of rotatable bonds is 7. The van der Waals surface area contributed by atoms with Gasteiger partial charge >= 0.3 is 0 Å². The lowest BCUT2D eigenvalue weighted by atomic mass is 10.1. The minimum Gasteiger partial charge on any atom is -0.493 e. The van der Waals surface area contributed by atoms with Crippen molar-refractivity contribution in [3.63, 3.8) is 0 Å². The van der Waals surface area contributed by atoms with Crippen LogP contribution in [0.1, 0.15) is 24.1 Å². The molecule has 23 heavy (non-hydrogen) atoms. The minimum absolute atomic E-state index is 0.0280. The second-order valence-electron chi connectivity index (χ2n) is 5.18. The van der Waals surface area contributed by atoms with Crippen molar-refractivity contribution >= 4 is 0 Å². The summed E-state index contributed by atoms with van der Waals surface area (Å²) in [6, 6.07) is 11.5. The Morgan fingerprint density at radius 1 is 0.957 bits per heavy atom. The van der Waals surface area contributed by atoms with Crippen molar-refractivity contribution < 1.29 is 18.9 Å². The molecule has 124 valence electrons. The standard InChI is InChI=1S/C18H23NO4/c1-12(19)14-6-5-7-15(10-14)23-11-13-8-16(20-2)18(22-4)17(9-13)21-3/h5-10,12H,11,19H2,1-4H3/t12-/m0/s1. The average Bonchev–Trinajstić information content (AvgIpc) is 2.59. The molecule has 2 aromatic carbocycles. The summed E-state index contributed by atoms with van der Waals surface area (Å²) in [5.41, 5.74) is 7.85. The Kier molecular flexibility index (Phi) is 5.71. The minimum atomic E-state index is -0.0280. The topological polar surface area (TPSA) is 62.9 Å². The summed E-state index contributed by atoms with van der Waals surface area (Å²) in [4.78, 5) is 0. The van der Waals surface area contributed by atoms with Crippen molar-refractivity contribution in [2.75, 3.05) is 21.3 Å². The maximum atomic E-state index is 5.90. The molecule has 0 fully saturated rings. The molecule has 0 heterocycles. The number of nitrogens with two attached hydrogens (primary N) is 1. The summed E-state index contributed by atoms with van der Waals surface area (Å²) in [7, 11) is 4.76. The van der Waals surface area contributed by atoms with E-state index in [2.05, 4.69) is 0 Å². The van der Waals surface area contributed by atoms with Crippen LogP contribution in [-0.4, -0.2) is 21.3 Å². The highest BCUT2D eigenvalue weighted by Gasteiger charge is 2.13. The molecule has 0 bridgehead atoms. The van der Waals surface area contributed by atoms with Crippen LogP contribution in [0.4, 0.5) is 0 Å². The summed E-state index contributed by atoms with van der Waals surface area (Å²) in [6.45, 7) is 2.33. The lowest BCUT2D eigenvalue weighted by Gasteiger charge is -2.15. The first kappa shape index (κ1) is 17.0. The third-order valence-corrected chi connectivity index (χ3v) is 3.51. The number of hydrogen-bond acceptors (Lipinski definition) is 5. The zero-order chi connectivity index (χ0) is 16.8. The molecule has 2 aromatic rings. The van der Waals surface area contributed by atoms with Crippen LogP contribution in [0.15, 0.2) is 36.4 Å². The molecule has 1 atom stereocenters. The number of benzene rings is 2. The molecule has 0 radical (unpaired) electrons. The molecule has 0 saturated carbocycles. The second-order valence-corrected chi connectivity index (χ2v) is 5.18. The summed E-state index contributed by atoms with van der Waals surface area (Å²) in [5, 5.41) is 0. The molecule has 0 spiro atoms. The zero-order valence-corrected chi connectivity index (χ0v) is 14.0. The van der Waals surface area contributed by atoms with Crippen molar-refractivity contribution in [1.82, 2.24) is 0 Å². The molecule has 0 aliphatic rings. The van der Waals surface area contributed by atoms with Gasteiger partial charge in [-0.1, -0.05) is 12.1 Å². The van der Waals surface area contributed by atoms with Gasteiger partial charge in [-0.25, -0.2) is 0 Å². The van der Waals surface area contributed by atoms with E-state index in [1.165, 1.54) is 0 Å². The highest BCUT2D eigenvalue weighted by atomic mass is 16.5. The van der Waals surface area contributed by atoms with E-state index in [-0.39, 0.29) is 6.04 Å². The Morgan fingerprint density at radius 2 is 1.61 bits per heavy atom. The highest BCUT2D eigenvalue weighted by Crippen LogP contribution is 2.38. The fourth-order valence-electron chi connectivity index (χ4n) is 2.27. The van der Waals surface area contributed by atoms with Gasteiger partial charge in [0.05, 0.1) is 21.3 Å². The second kappa shape index (κ2) is 7.74. The largest absolute Gasteiger partial charge is 0.493 e. The molecule has 0 aliphatic carbocycles. The van der Waals surface area contributed by atoms with Gasteiger partial charge in [0.15, 0.2) is 11.5 Å². The molecule has 5 heteroatoms. The molecule has 0 unspecified atom stereocenters. The maximum Gasteiger partial charge on any atom is 0.203 e. The Bertz CT molecular complexity index is 630. The Hall–Kier alpha value is -2.40. The number of hydrogen-bond donors (Lipinski definition) is 1. The third-order valence-electron chi connectivity index (χ3n) is 3.51. The van der Waals surface area contributed by atoms with Crippen LogP contribution in [0, 0.1) is 0 Å². The summed E-state index contributed by atoms with van der Waals surface area (Å²) in [5.74, 6) is 2.55. The molecule has 0 aliphatic heterocycles. The first-order valence-corrected chi connectivity index (χ1v) is 7.36. The molecule has 2 rings (SSSR count). The maximum absolute atomic E-state index is 5.90. The molecule has 0 aromatic heterocycles. The predicted molar refractivity (Wildman–Crippen MR) is 89.5 cm³/mol. The van der Waals surface area contributed by atoms with Gasteiger partial charge in [0, 0.05) is 6.04 Å². The van der Waals surface area contributed by atoms with Gasteiger partial charge in [-0.15, -0.1) is 0 Å². The van der Waals surface area contributed by atoms with Crippen LogP contribution in [0.25, 0.3) is 0 Å². The van der Waals surface area contributed by atoms with E-state index in [4.69, 9.17) is 24.7 Å². The third kappa shape index (κ3) is 4.07. The van der Waals surface area contributed by atoms with E-state index < -0.39 is 0 Å². The first-order chi connectivity index (χ1) is 11.1. The number of methoxy groups -OCH3 is 3. The van der Waals surface area contributed by atoms with E-state index in [1.54, 1.807) is 21.3 Å². The Morgan fingerprint density at radius 3 is 2.13 bits per heavy atom. The molecular weight excluding hydrogens is 294 g/mol. The molecule has 0 saturated heterocycles. The number of ether oxygens (including phenoxy) is 4. The molecule has 0 amide bonds. The van der Waals surface area contributed by atoms with Crippen LogP contribution in [0.2, 0.25) is 0 Å². The highest BCUT2D eigenvalue weighted by molar-refractivity contribution is 5.53. The fraction of sp³-hybridized carbons (Fsp3) is 0.333. The van der Waals surface area contributed by atoms with E-state index in [1.807, 2.05) is 43.3 Å². The van der Waals surface area contributed by atoms with Gasteiger partial charge in [0.2, 0.25) is 5.75 Å². The predicted octanol–water partition coefficient (Wildman–Crippen LogP) is 3.31. The Labute approximate surface area is 136 Å². The zero-order valence-electron chi connectivity index (χ0n) is 14.0.